The molecule has 0 saturated carbocycles. The van der Waals surface area contributed by atoms with Crippen molar-refractivity contribution in [3.63, 3.8) is 0 Å². The van der Waals surface area contributed by atoms with Crippen LogP contribution in [0.15, 0.2) is 24.3 Å². The summed E-state index contributed by atoms with van der Waals surface area (Å²) in [6, 6.07) is 7.31. The van der Waals surface area contributed by atoms with E-state index in [1.807, 2.05) is 12.1 Å². The molecule has 82 valence electrons. The first kappa shape index (κ1) is 12.3. The minimum Gasteiger partial charge on any atom is -0.444 e. The van der Waals surface area contributed by atoms with E-state index in [4.69, 9.17) is 5.73 Å². The Bertz CT molecular complexity index is 339. The van der Waals surface area contributed by atoms with Crippen LogP contribution in [0.2, 0.25) is 0 Å². The van der Waals surface area contributed by atoms with E-state index in [-0.39, 0.29) is 0 Å². The molecule has 3 N–H and O–H groups in total. The van der Waals surface area contributed by atoms with Gasteiger partial charge in [-0.2, -0.15) is 0 Å². The van der Waals surface area contributed by atoms with Crippen molar-refractivity contribution in [1.29, 1.82) is 0 Å². The number of rotatable bonds is 3. The van der Waals surface area contributed by atoms with Gasteiger partial charge in [0.05, 0.1) is 0 Å². The highest BCUT2D eigenvalue weighted by Crippen LogP contribution is 2.19. The van der Waals surface area contributed by atoms with Gasteiger partial charge >= 0.3 is 6.09 Å². The summed E-state index contributed by atoms with van der Waals surface area (Å²) in [4.78, 5) is 10.5. The van der Waals surface area contributed by atoms with Gasteiger partial charge in [-0.1, -0.05) is 12.1 Å². The summed E-state index contributed by atoms with van der Waals surface area (Å²) in [6.07, 6.45) is -2.39. The van der Waals surface area contributed by atoms with Crippen LogP contribution in [-0.4, -0.2) is 17.3 Å². The van der Waals surface area contributed by atoms with E-state index < -0.39 is 18.3 Å². The molecule has 1 aromatic rings. The van der Waals surface area contributed by atoms with Crippen molar-refractivity contribution in [3.8, 4) is 0 Å². The number of hydrogen-bond donors (Lipinski definition) is 2. The maximum absolute atomic E-state index is 10.5. The fourth-order valence-electron chi connectivity index (χ4n) is 1.18. The standard InChI is InChI=1S/C10H12INO3/c1-6(15-10(12)14)9(13)7-2-4-8(11)5-3-7/h2-6,9,13H,1H3,(H2,12,14)/t6-,9+/m0/s1. The number of halogens is 1. The number of primary amides is 1. The number of carbonyl (C=O) groups is 1. The Hall–Kier alpha value is -0.820. The number of hydrogen-bond acceptors (Lipinski definition) is 3. The SMILES string of the molecule is C[C@H](OC(N)=O)[C@@H](O)c1ccc(I)cc1. The highest BCUT2D eigenvalue weighted by molar-refractivity contribution is 14.1. The summed E-state index contributed by atoms with van der Waals surface area (Å²) in [7, 11) is 0. The average Bonchev–Trinajstić information content (AvgIpc) is 2.17. The molecule has 0 bridgehead atoms. The zero-order valence-corrected chi connectivity index (χ0v) is 10.3. The fourth-order valence-corrected chi connectivity index (χ4v) is 1.54. The molecular weight excluding hydrogens is 309 g/mol. The van der Waals surface area contributed by atoms with Gasteiger partial charge < -0.3 is 15.6 Å². The topological polar surface area (TPSA) is 72.5 Å². The van der Waals surface area contributed by atoms with E-state index >= 15 is 0 Å². The summed E-state index contributed by atoms with van der Waals surface area (Å²) in [5, 5.41) is 9.79. The predicted molar refractivity (Wildman–Crippen MR) is 64.2 cm³/mol. The lowest BCUT2D eigenvalue weighted by atomic mass is 10.1. The largest absolute Gasteiger partial charge is 0.444 e. The number of aliphatic hydroxyl groups excluding tert-OH is 1. The van der Waals surface area contributed by atoms with Gasteiger partial charge in [0.25, 0.3) is 0 Å². The molecule has 15 heavy (non-hydrogen) atoms. The van der Waals surface area contributed by atoms with E-state index in [1.54, 1.807) is 19.1 Å². The van der Waals surface area contributed by atoms with Gasteiger partial charge in [-0.25, -0.2) is 4.79 Å². The maximum Gasteiger partial charge on any atom is 0.404 e. The Balaban J connectivity index is 2.71. The van der Waals surface area contributed by atoms with Crippen LogP contribution in [-0.2, 0) is 4.74 Å². The van der Waals surface area contributed by atoms with Crippen LogP contribution in [0.4, 0.5) is 4.79 Å². The van der Waals surface area contributed by atoms with Crippen LogP contribution in [0.3, 0.4) is 0 Å². The number of aliphatic hydroxyl groups is 1. The van der Waals surface area contributed by atoms with Gasteiger partial charge in [-0.05, 0) is 47.2 Å². The van der Waals surface area contributed by atoms with Crippen molar-refractivity contribution in [2.24, 2.45) is 5.73 Å². The number of ether oxygens (including phenoxy) is 1. The van der Waals surface area contributed by atoms with Crippen molar-refractivity contribution < 1.29 is 14.6 Å². The normalized spacial score (nSPS) is 14.3. The van der Waals surface area contributed by atoms with Crippen molar-refractivity contribution >= 4 is 28.7 Å². The maximum atomic E-state index is 10.5. The van der Waals surface area contributed by atoms with Crippen LogP contribution in [0.5, 0.6) is 0 Å². The van der Waals surface area contributed by atoms with E-state index in [0.717, 1.165) is 3.57 Å². The number of amides is 1. The molecule has 2 atom stereocenters. The molecule has 1 rings (SSSR count). The van der Waals surface area contributed by atoms with E-state index in [9.17, 15) is 9.90 Å². The Morgan fingerprint density at radius 1 is 1.47 bits per heavy atom. The lowest BCUT2D eigenvalue weighted by Crippen LogP contribution is -2.25. The zero-order valence-electron chi connectivity index (χ0n) is 8.18. The Kier molecular flexibility index (Phi) is 4.34. The highest BCUT2D eigenvalue weighted by atomic mass is 127. The molecular formula is C10H12INO3. The lowest BCUT2D eigenvalue weighted by Gasteiger charge is -2.18. The van der Waals surface area contributed by atoms with E-state index in [1.165, 1.54) is 0 Å². The first-order chi connectivity index (χ1) is 7.00. The van der Waals surface area contributed by atoms with Gasteiger partial charge in [0.15, 0.2) is 0 Å². The third kappa shape index (κ3) is 3.67. The number of nitrogens with two attached hydrogens (primary N) is 1. The third-order valence-corrected chi connectivity index (χ3v) is 2.68. The Morgan fingerprint density at radius 3 is 2.47 bits per heavy atom. The van der Waals surface area contributed by atoms with Crippen molar-refractivity contribution in [2.45, 2.75) is 19.1 Å². The zero-order chi connectivity index (χ0) is 11.4. The van der Waals surface area contributed by atoms with E-state index in [0.29, 0.717) is 5.56 Å². The van der Waals surface area contributed by atoms with Gasteiger partial charge in [-0.15, -0.1) is 0 Å². The molecule has 0 heterocycles. The molecule has 0 aliphatic carbocycles. The molecule has 1 aromatic carbocycles. The number of carbonyl (C=O) groups excluding carboxylic acids is 1. The van der Waals surface area contributed by atoms with Crippen molar-refractivity contribution in [2.75, 3.05) is 0 Å². The molecule has 0 aliphatic rings. The smallest absolute Gasteiger partial charge is 0.404 e. The number of benzene rings is 1. The van der Waals surface area contributed by atoms with Crippen LogP contribution < -0.4 is 5.73 Å². The Labute approximate surface area is 102 Å². The summed E-state index contributed by atoms with van der Waals surface area (Å²) < 4.78 is 5.76. The minimum atomic E-state index is -0.882. The molecule has 5 heteroatoms. The predicted octanol–water partition coefficient (Wildman–Crippen LogP) is 1.81. The average molecular weight is 321 g/mol. The highest BCUT2D eigenvalue weighted by Gasteiger charge is 2.18. The first-order valence-electron chi connectivity index (χ1n) is 4.40. The van der Waals surface area contributed by atoms with Crippen LogP contribution in [0, 0.1) is 3.57 Å². The van der Waals surface area contributed by atoms with Gasteiger partial charge in [0.2, 0.25) is 0 Å². The summed E-state index contributed by atoms with van der Waals surface area (Å²) >= 11 is 2.17. The molecule has 0 saturated heterocycles. The molecule has 0 fully saturated rings. The van der Waals surface area contributed by atoms with Crippen molar-refractivity contribution in [3.05, 3.63) is 33.4 Å². The monoisotopic (exact) mass is 321 g/mol. The molecule has 0 radical (unpaired) electrons. The summed E-state index contributed by atoms with van der Waals surface area (Å²) in [5.74, 6) is 0. The quantitative estimate of drug-likeness (QED) is 0.834. The summed E-state index contributed by atoms with van der Waals surface area (Å²) in [5.41, 5.74) is 5.56. The van der Waals surface area contributed by atoms with Gasteiger partial charge in [-0.3, -0.25) is 0 Å². The van der Waals surface area contributed by atoms with Gasteiger partial charge in [0.1, 0.15) is 12.2 Å². The Morgan fingerprint density at radius 2 is 2.00 bits per heavy atom. The molecule has 4 nitrogen and oxygen atoms in total. The lowest BCUT2D eigenvalue weighted by molar-refractivity contribution is 0.0158. The minimum absolute atomic E-state index is 0.650. The van der Waals surface area contributed by atoms with Crippen LogP contribution in [0.25, 0.3) is 0 Å². The first-order valence-corrected chi connectivity index (χ1v) is 5.48. The second-order valence-corrected chi connectivity index (χ2v) is 4.38. The van der Waals surface area contributed by atoms with Crippen molar-refractivity contribution in [1.82, 2.24) is 0 Å². The second kappa shape index (κ2) is 5.32. The molecule has 1 amide bonds. The third-order valence-electron chi connectivity index (χ3n) is 1.96. The molecule has 0 spiro atoms. The summed E-state index contributed by atoms with van der Waals surface area (Å²) in [6.45, 7) is 1.59. The molecule has 0 unspecified atom stereocenters. The fraction of sp³-hybridized carbons (Fsp3) is 0.300. The van der Waals surface area contributed by atoms with Gasteiger partial charge in [0, 0.05) is 3.57 Å². The van der Waals surface area contributed by atoms with Crippen LogP contribution in [0.1, 0.15) is 18.6 Å². The molecule has 0 aromatic heterocycles. The van der Waals surface area contributed by atoms with E-state index in [2.05, 4.69) is 27.3 Å². The molecule has 0 aliphatic heterocycles. The second-order valence-electron chi connectivity index (χ2n) is 3.14. The van der Waals surface area contributed by atoms with Crippen LogP contribution >= 0.6 is 22.6 Å².